The number of nitrogens with zero attached hydrogens (tertiary/aromatic N) is 5. The average Bonchev–Trinajstić information content (AvgIpc) is 2.73. The second-order valence-corrected chi connectivity index (χ2v) is 4.65. The molecule has 0 radical (unpaired) electrons. The number of hydrogen-bond donors (Lipinski definition) is 1. The second-order valence-electron chi connectivity index (χ2n) is 4.65. The zero-order valence-corrected chi connectivity index (χ0v) is 10.2. The molecule has 0 aromatic carbocycles. The lowest BCUT2D eigenvalue weighted by atomic mass is 10.3. The van der Waals surface area contributed by atoms with Crippen LogP contribution in [0, 0.1) is 0 Å². The van der Waals surface area contributed by atoms with Crippen LogP contribution < -0.4 is 9.80 Å². The summed E-state index contributed by atoms with van der Waals surface area (Å²) in [6, 6.07) is 0. The number of likely N-dealkylation sites (N-methyl/N-ethyl adjacent to an activating group) is 1. The van der Waals surface area contributed by atoms with E-state index < -0.39 is 0 Å². The third kappa shape index (κ3) is 1.74. The van der Waals surface area contributed by atoms with Crippen molar-refractivity contribution in [1.82, 2.24) is 19.7 Å². The Morgan fingerprint density at radius 1 is 1.24 bits per heavy atom. The number of piperazine rings is 1. The van der Waals surface area contributed by atoms with E-state index in [-0.39, 0.29) is 0 Å². The summed E-state index contributed by atoms with van der Waals surface area (Å²) < 4.78 is 1.79. The maximum absolute atomic E-state index is 4.42. The van der Waals surface area contributed by atoms with Crippen LogP contribution in [-0.4, -0.2) is 53.0 Å². The minimum atomic E-state index is 0.904. The van der Waals surface area contributed by atoms with Gasteiger partial charge in [-0.05, 0) is 0 Å². The molecule has 3 rings (SSSR count). The maximum atomic E-state index is 4.42. The van der Waals surface area contributed by atoms with Crippen LogP contribution in [0.1, 0.15) is 0 Å². The van der Waals surface area contributed by atoms with Crippen molar-refractivity contribution in [3.8, 4) is 0 Å². The van der Waals surface area contributed by atoms with Gasteiger partial charge in [0.15, 0.2) is 5.65 Å². The van der Waals surface area contributed by atoms with Gasteiger partial charge >= 0.3 is 0 Å². The Morgan fingerprint density at radius 3 is 2.76 bits per heavy atom. The average molecular weight is 233 g/mol. The van der Waals surface area contributed by atoms with Crippen molar-refractivity contribution in [2.24, 2.45) is 7.05 Å². The predicted molar refractivity (Wildman–Crippen MR) is 65.1 cm³/mol. The molecule has 17 heavy (non-hydrogen) atoms. The van der Waals surface area contributed by atoms with Crippen molar-refractivity contribution in [3.63, 3.8) is 0 Å². The normalized spacial score (nSPS) is 17.9. The van der Waals surface area contributed by atoms with Crippen molar-refractivity contribution in [2.75, 3.05) is 38.1 Å². The zero-order chi connectivity index (χ0) is 11.8. The van der Waals surface area contributed by atoms with Crippen molar-refractivity contribution >= 4 is 16.9 Å². The topological polar surface area (TPSA) is 51.3 Å². The van der Waals surface area contributed by atoms with Crippen LogP contribution in [0.5, 0.6) is 0 Å². The lowest BCUT2D eigenvalue weighted by molar-refractivity contribution is -0.880. The monoisotopic (exact) mass is 233 g/mol. The summed E-state index contributed by atoms with van der Waals surface area (Å²) in [5.74, 6) is 1.02. The highest BCUT2D eigenvalue weighted by Gasteiger charge is 2.20. The maximum Gasteiger partial charge on any atom is 0.163 e. The molecule has 6 heteroatoms. The third-order valence-corrected chi connectivity index (χ3v) is 3.42. The first-order valence-electron chi connectivity index (χ1n) is 5.94. The quantitative estimate of drug-likeness (QED) is 0.665. The van der Waals surface area contributed by atoms with Crippen molar-refractivity contribution < 1.29 is 4.90 Å². The molecule has 0 amide bonds. The van der Waals surface area contributed by atoms with Gasteiger partial charge in [0.25, 0.3) is 0 Å². The van der Waals surface area contributed by atoms with Crippen molar-refractivity contribution in [1.29, 1.82) is 0 Å². The van der Waals surface area contributed by atoms with E-state index in [0.29, 0.717) is 0 Å². The minimum absolute atomic E-state index is 0.904. The van der Waals surface area contributed by atoms with Gasteiger partial charge in [-0.15, -0.1) is 0 Å². The summed E-state index contributed by atoms with van der Waals surface area (Å²) >= 11 is 0. The zero-order valence-electron chi connectivity index (χ0n) is 10.2. The number of quaternary nitrogens is 1. The molecule has 0 atom stereocenters. The van der Waals surface area contributed by atoms with Crippen LogP contribution in [0.3, 0.4) is 0 Å². The first kappa shape index (κ1) is 10.5. The Kier molecular flexibility index (Phi) is 2.44. The SMILES string of the molecule is Cn1ncc2c(N3CC[NH+](C)CC3)ncnc21. The summed E-state index contributed by atoms with van der Waals surface area (Å²) in [4.78, 5) is 12.6. The highest BCUT2D eigenvalue weighted by molar-refractivity contribution is 5.86. The van der Waals surface area contributed by atoms with E-state index in [1.54, 1.807) is 15.9 Å². The van der Waals surface area contributed by atoms with Gasteiger partial charge in [-0.2, -0.15) is 5.10 Å². The Balaban J connectivity index is 2.00. The molecule has 2 aromatic heterocycles. The first-order chi connectivity index (χ1) is 8.25. The van der Waals surface area contributed by atoms with Gasteiger partial charge in [0.05, 0.1) is 44.8 Å². The van der Waals surface area contributed by atoms with Crippen LogP contribution in [0.15, 0.2) is 12.5 Å². The molecule has 0 spiro atoms. The van der Waals surface area contributed by atoms with Crippen molar-refractivity contribution in [3.05, 3.63) is 12.5 Å². The van der Waals surface area contributed by atoms with E-state index in [4.69, 9.17) is 0 Å². The van der Waals surface area contributed by atoms with Gasteiger partial charge in [0.1, 0.15) is 12.1 Å². The van der Waals surface area contributed by atoms with Crippen LogP contribution in [0.25, 0.3) is 11.0 Å². The minimum Gasteiger partial charge on any atom is -0.345 e. The molecular weight excluding hydrogens is 216 g/mol. The first-order valence-corrected chi connectivity index (χ1v) is 5.94. The van der Waals surface area contributed by atoms with E-state index in [2.05, 4.69) is 27.0 Å². The lowest BCUT2D eigenvalue weighted by Crippen LogP contribution is -3.12. The van der Waals surface area contributed by atoms with Gasteiger partial charge < -0.3 is 9.80 Å². The fourth-order valence-corrected chi connectivity index (χ4v) is 2.30. The highest BCUT2D eigenvalue weighted by Crippen LogP contribution is 2.21. The van der Waals surface area contributed by atoms with Gasteiger partial charge in [-0.3, -0.25) is 4.68 Å². The van der Waals surface area contributed by atoms with Crippen LogP contribution in [0.2, 0.25) is 0 Å². The predicted octanol–water partition coefficient (Wildman–Crippen LogP) is -1.30. The Morgan fingerprint density at radius 2 is 2.00 bits per heavy atom. The molecule has 0 aliphatic carbocycles. The lowest BCUT2D eigenvalue weighted by Gasteiger charge is -2.30. The molecule has 3 heterocycles. The molecule has 6 nitrogen and oxygen atoms in total. The van der Waals surface area contributed by atoms with E-state index >= 15 is 0 Å². The van der Waals surface area contributed by atoms with Crippen LogP contribution >= 0.6 is 0 Å². The largest absolute Gasteiger partial charge is 0.345 e. The number of aryl methyl sites for hydroxylation is 1. The van der Waals surface area contributed by atoms with Gasteiger partial charge in [-0.1, -0.05) is 0 Å². The fourth-order valence-electron chi connectivity index (χ4n) is 2.30. The number of nitrogens with one attached hydrogen (secondary N) is 1. The molecule has 1 aliphatic rings. The Hall–Kier alpha value is -1.69. The molecule has 1 saturated heterocycles. The third-order valence-electron chi connectivity index (χ3n) is 3.42. The number of hydrogen-bond acceptors (Lipinski definition) is 4. The summed E-state index contributed by atoms with van der Waals surface area (Å²) in [5.41, 5.74) is 0.904. The highest BCUT2D eigenvalue weighted by atomic mass is 15.3. The summed E-state index contributed by atoms with van der Waals surface area (Å²) in [6.07, 6.45) is 3.49. The summed E-state index contributed by atoms with van der Waals surface area (Å²) in [5, 5.41) is 5.30. The molecule has 1 N–H and O–H groups in total. The second kappa shape index (κ2) is 3.96. The molecule has 1 fully saturated rings. The number of anilines is 1. The Labute approximate surface area is 99.9 Å². The molecule has 2 aromatic rings. The number of fused-ring (bicyclic) bond motifs is 1. The van der Waals surface area contributed by atoms with E-state index in [9.17, 15) is 0 Å². The number of rotatable bonds is 1. The fraction of sp³-hybridized carbons (Fsp3) is 0.545. The molecule has 0 saturated carbocycles. The molecule has 0 unspecified atom stereocenters. The van der Waals surface area contributed by atoms with Crippen LogP contribution in [-0.2, 0) is 7.05 Å². The summed E-state index contributed by atoms with van der Waals surface area (Å²) in [6.45, 7) is 4.41. The van der Waals surface area contributed by atoms with E-state index in [1.807, 2.05) is 13.2 Å². The Bertz CT molecular complexity index is 526. The number of aromatic nitrogens is 4. The van der Waals surface area contributed by atoms with E-state index in [0.717, 1.165) is 43.0 Å². The molecule has 90 valence electrons. The van der Waals surface area contributed by atoms with Gasteiger partial charge in [0.2, 0.25) is 0 Å². The van der Waals surface area contributed by atoms with Crippen LogP contribution in [0.4, 0.5) is 5.82 Å². The van der Waals surface area contributed by atoms with Gasteiger partial charge in [0, 0.05) is 7.05 Å². The smallest absolute Gasteiger partial charge is 0.163 e. The van der Waals surface area contributed by atoms with Gasteiger partial charge in [-0.25, -0.2) is 9.97 Å². The summed E-state index contributed by atoms with van der Waals surface area (Å²) in [7, 11) is 4.14. The molecule has 1 aliphatic heterocycles. The molecular formula is C11H17N6+. The molecule has 0 bridgehead atoms. The standard InChI is InChI=1S/C11H16N6/c1-15-3-5-17(6-4-15)11-9-7-14-16(2)10(9)12-8-13-11/h7-8H,3-6H2,1-2H3/p+1. The van der Waals surface area contributed by atoms with Crippen molar-refractivity contribution in [2.45, 2.75) is 0 Å². The van der Waals surface area contributed by atoms with E-state index in [1.165, 1.54) is 0 Å².